The highest BCUT2D eigenvalue weighted by molar-refractivity contribution is 5.84. The summed E-state index contributed by atoms with van der Waals surface area (Å²) >= 11 is 0. The van der Waals surface area contributed by atoms with Gasteiger partial charge in [0.15, 0.2) is 0 Å². The van der Waals surface area contributed by atoms with Crippen molar-refractivity contribution in [3.05, 3.63) is 12.2 Å². The SMILES string of the molecule is CCCCC[C@H](O)/C=C/C1[C@H](O)CC(=O)[C@@H]1CCCCCCC(=O)O. The van der Waals surface area contributed by atoms with E-state index in [4.69, 9.17) is 5.11 Å². The predicted octanol–water partition coefficient (Wildman–Crippen LogP) is 3.48. The van der Waals surface area contributed by atoms with Gasteiger partial charge in [0.1, 0.15) is 5.78 Å². The summed E-state index contributed by atoms with van der Waals surface area (Å²) in [5.41, 5.74) is 0. The average molecular weight is 354 g/mol. The number of aliphatic hydroxyl groups excluding tert-OH is 2. The summed E-state index contributed by atoms with van der Waals surface area (Å²) in [6, 6.07) is 0. The van der Waals surface area contributed by atoms with E-state index in [1.54, 1.807) is 6.08 Å². The Bertz CT molecular complexity index is 432. The molecule has 4 atom stereocenters. The first-order valence-corrected chi connectivity index (χ1v) is 9.74. The molecule has 1 unspecified atom stereocenters. The van der Waals surface area contributed by atoms with E-state index in [0.717, 1.165) is 51.4 Å². The van der Waals surface area contributed by atoms with Gasteiger partial charge in [-0.3, -0.25) is 9.59 Å². The number of ketones is 1. The Morgan fingerprint density at radius 3 is 2.60 bits per heavy atom. The van der Waals surface area contributed by atoms with Crippen molar-refractivity contribution in [3.8, 4) is 0 Å². The van der Waals surface area contributed by atoms with Gasteiger partial charge in [-0.15, -0.1) is 0 Å². The molecule has 0 heterocycles. The molecule has 144 valence electrons. The minimum Gasteiger partial charge on any atom is -0.481 e. The second-order valence-corrected chi connectivity index (χ2v) is 7.22. The Morgan fingerprint density at radius 2 is 1.92 bits per heavy atom. The molecule has 0 aromatic rings. The second-order valence-electron chi connectivity index (χ2n) is 7.22. The summed E-state index contributed by atoms with van der Waals surface area (Å²) in [5, 5.41) is 28.7. The van der Waals surface area contributed by atoms with Gasteiger partial charge in [0, 0.05) is 24.7 Å². The Balaban J connectivity index is 2.39. The minimum atomic E-state index is -0.767. The molecule has 0 aliphatic heterocycles. The van der Waals surface area contributed by atoms with Crippen molar-refractivity contribution in [2.75, 3.05) is 0 Å². The van der Waals surface area contributed by atoms with Crippen LogP contribution < -0.4 is 0 Å². The minimum absolute atomic E-state index is 0.105. The molecule has 1 fully saturated rings. The molecular weight excluding hydrogens is 320 g/mol. The average Bonchev–Trinajstić information content (AvgIpc) is 2.82. The van der Waals surface area contributed by atoms with Gasteiger partial charge in [0.05, 0.1) is 12.2 Å². The van der Waals surface area contributed by atoms with Crippen molar-refractivity contribution in [1.82, 2.24) is 0 Å². The van der Waals surface area contributed by atoms with Crippen LogP contribution in [0.25, 0.3) is 0 Å². The van der Waals surface area contributed by atoms with Crippen LogP contribution >= 0.6 is 0 Å². The predicted molar refractivity (Wildman–Crippen MR) is 97.2 cm³/mol. The summed E-state index contributed by atoms with van der Waals surface area (Å²) in [6.45, 7) is 2.12. The van der Waals surface area contributed by atoms with E-state index >= 15 is 0 Å². The number of carbonyl (C=O) groups excluding carboxylic acids is 1. The monoisotopic (exact) mass is 354 g/mol. The van der Waals surface area contributed by atoms with Gasteiger partial charge in [-0.1, -0.05) is 57.6 Å². The van der Waals surface area contributed by atoms with Crippen LogP contribution in [0.3, 0.4) is 0 Å². The van der Waals surface area contributed by atoms with E-state index in [0.29, 0.717) is 6.42 Å². The smallest absolute Gasteiger partial charge is 0.303 e. The zero-order valence-electron chi connectivity index (χ0n) is 15.4. The maximum Gasteiger partial charge on any atom is 0.303 e. The van der Waals surface area contributed by atoms with Gasteiger partial charge in [0.25, 0.3) is 0 Å². The molecule has 0 spiro atoms. The van der Waals surface area contributed by atoms with E-state index in [2.05, 4.69) is 6.92 Å². The zero-order chi connectivity index (χ0) is 18.7. The van der Waals surface area contributed by atoms with Crippen LogP contribution in [0.1, 0.15) is 77.6 Å². The lowest BCUT2D eigenvalue weighted by atomic mass is 9.88. The van der Waals surface area contributed by atoms with E-state index in [-0.39, 0.29) is 30.5 Å². The van der Waals surface area contributed by atoms with Gasteiger partial charge in [-0.2, -0.15) is 0 Å². The molecule has 5 nitrogen and oxygen atoms in total. The molecule has 1 aliphatic carbocycles. The highest BCUT2D eigenvalue weighted by Crippen LogP contribution is 2.34. The molecule has 5 heteroatoms. The van der Waals surface area contributed by atoms with E-state index in [1.165, 1.54) is 0 Å². The van der Waals surface area contributed by atoms with Gasteiger partial charge < -0.3 is 15.3 Å². The lowest BCUT2D eigenvalue weighted by molar-refractivity contribution is -0.137. The molecule has 0 aromatic carbocycles. The van der Waals surface area contributed by atoms with E-state index in [9.17, 15) is 19.8 Å². The third-order valence-electron chi connectivity index (χ3n) is 5.05. The summed E-state index contributed by atoms with van der Waals surface area (Å²) in [5.74, 6) is -1.04. The molecule has 1 rings (SSSR count). The van der Waals surface area contributed by atoms with Crippen LogP contribution in [-0.4, -0.2) is 39.3 Å². The van der Waals surface area contributed by atoms with Crippen molar-refractivity contribution in [1.29, 1.82) is 0 Å². The van der Waals surface area contributed by atoms with Crippen LogP contribution in [0.5, 0.6) is 0 Å². The zero-order valence-corrected chi connectivity index (χ0v) is 15.4. The van der Waals surface area contributed by atoms with Gasteiger partial charge in [-0.05, 0) is 19.3 Å². The highest BCUT2D eigenvalue weighted by Gasteiger charge is 2.39. The summed E-state index contributed by atoms with van der Waals surface area (Å²) in [4.78, 5) is 22.6. The molecule has 1 saturated carbocycles. The topological polar surface area (TPSA) is 94.8 Å². The molecule has 1 aliphatic rings. The largest absolute Gasteiger partial charge is 0.481 e. The molecular formula is C20H34O5. The molecule has 0 bridgehead atoms. The first-order valence-electron chi connectivity index (χ1n) is 9.74. The maximum atomic E-state index is 12.1. The fraction of sp³-hybridized carbons (Fsp3) is 0.800. The number of rotatable bonds is 13. The van der Waals surface area contributed by atoms with Crippen LogP contribution in [0, 0.1) is 11.8 Å². The first-order chi connectivity index (χ1) is 12.0. The van der Waals surface area contributed by atoms with Crippen LogP contribution in [0.4, 0.5) is 0 Å². The van der Waals surface area contributed by atoms with Crippen LogP contribution in [0.15, 0.2) is 12.2 Å². The molecule has 0 aromatic heterocycles. The Morgan fingerprint density at radius 1 is 1.20 bits per heavy atom. The molecule has 0 amide bonds. The quantitative estimate of drug-likeness (QED) is 0.348. The van der Waals surface area contributed by atoms with Gasteiger partial charge in [0.2, 0.25) is 0 Å². The molecule has 0 radical (unpaired) electrons. The number of Topliss-reactive ketones (excluding diaryl/α,β-unsaturated/α-hetero) is 1. The number of carbonyl (C=O) groups is 2. The maximum absolute atomic E-state index is 12.1. The number of carboxylic acids is 1. The van der Waals surface area contributed by atoms with Crippen LogP contribution in [0.2, 0.25) is 0 Å². The van der Waals surface area contributed by atoms with Crippen molar-refractivity contribution < 1.29 is 24.9 Å². The number of unbranched alkanes of at least 4 members (excludes halogenated alkanes) is 5. The number of aliphatic hydroxyl groups is 2. The fourth-order valence-electron chi connectivity index (χ4n) is 3.54. The van der Waals surface area contributed by atoms with Crippen molar-refractivity contribution in [2.45, 2.75) is 89.8 Å². The van der Waals surface area contributed by atoms with Crippen molar-refractivity contribution >= 4 is 11.8 Å². The lowest BCUT2D eigenvalue weighted by Gasteiger charge is -2.18. The van der Waals surface area contributed by atoms with Gasteiger partial charge in [-0.25, -0.2) is 0 Å². The third kappa shape index (κ3) is 8.63. The van der Waals surface area contributed by atoms with Crippen molar-refractivity contribution in [3.63, 3.8) is 0 Å². The summed E-state index contributed by atoms with van der Waals surface area (Å²) in [7, 11) is 0. The van der Waals surface area contributed by atoms with Gasteiger partial charge >= 0.3 is 5.97 Å². The first kappa shape index (κ1) is 21.8. The normalized spacial score (nSPS) is 24.9. The third-order valence-corrected chi connectivity index (χ3v) is 5.05. The van der Waals surface area contributed by atoms with Crippen LogP contribution in [-0.2, 0) is 9.59 Å². The van der Waals surface area contributed by atoms with E-state index < -0.39 is 18.2 Å². The van der Waals surface area contributed by atoms with E-state index in [1.807, 2.05) is 6.08 Å². The molecule has 3 N–H and O–H groups in total. The Kier molecular flexibility index (Phi) is 10.7. The number of carboxylic acid groups (broad SMARTS) is 1. The standard InChI is InChI=1S/C20H34O5/c1-2-3-6-9-15(21)12-13-17-16(18(22)14-19(17)23)10-7-4-5-8-11-20(24)25/h12-13,15-17,19,21,23H,2-11,14H2,1H3,(H,24,25)/b13-12+/t15-,16+,17?,19+/m0/s1. The van der Waals surface area contributed by atoms with Crippen molar-refractivity contribution in [2.24, 2.45) is 11.8 Å². The fourth-order valence-corrected chi connectivity index (χ4v) is 3.54. The number of aliphatic carboxylic acids is 1. The Labute approximate surface area is 151 Å². The Hall–Kier alpha value is -1.20. The summed E-state index contributed by atoms with van der Waals surface area (Å²) in [6.07, 6.45) is 10.7. The second kappa shape index (κ2) is 12.2. The highest BCUT2D eigenvalue weighted by atomic mass is 16.4. The number of hydrogen-bond acceptors (Lipinski definition) is 4. The summed E-state index contributed by atoms with van der Waals surface area (Å²) < 4.78 is 0. The lowest BCUT2D eigenvalue weighted by Crippen LogP contribution is -2.19. The molecule has 25 heavy (non-hydrogen) atoms. The number of hydrogen-bond donors (Lipinski definition) is 3. The molecule has 0 saturated heterocycles.